The average molecular weight is 401 g/mol. The molecule has 1 unspecified atom stereocenters. The van der Waals surface area contributed by atoms with E-state index in [0.29, 0.717) is 32.4 Å². The van der Waals surface area contributed by atoms with E-state index in [0.717, 1.165) is 11.1 Å². The number of hydrogen-bond donors (Lipinski definition) is 2. The van der Waals surface area contributed by atoms with Gasteiger partial charge in [0, 0.05) is 13.1 Å². The first kappa shape index (κ1) is 20.0. The van der Waals surface area contributed by atoms with Gasteiger partial charge >= 0.3 is 6.03 Å². The zero-order valence-electron chi connectivity index (χ0n) is 15.4. The Hall–Kier alpha value is -2.71. The van der Waals surface area contributed by atoms with Crippen LogP contribution in [-0.2, 0) is 27.7 Å². The molecule has 3 amide bonds. The normalized spacial score (nSPS) is 17.5. The maximum atomic E-state index is 12.7. The van der Waals surface area contributed by atoms with Crippen LogP contribution in [0.4, 0.5) is 4.79 Å². The lowest BCUT2D eigenvalue weighted by atomic mass is 9.96. The molecule has 1 atom stereocenters. The van der Waals surface area contributed by atoms with E-state index >= 15 is 0 Å². The topological polar surface area (TPSA) is 110 Å². The Kier molecular flexibility index (Phi) is 6.11. The van der Waals surface area contributed by atoms with Crippen LogP contribution in [0.2, 0.25) is 0 Å². The molecule has 0 spiro atoms. The van der Waals surface area contributed by atoms with Gasteiger partial charge in [-0.2, -0.15) is 0 Å². The van der Waals surface area contributed by atoms with Gasteiger partial charge in [-0.05, 0) is 42.5 Å². The Labute approximate surface area is 164 Å². The van der Waals surface area contributed by atoms with Gasteiger partial charge in [0.2, 0.25) is 15.9 Å². The Morgan fingerprint density at radius 3 is 2.32 bits per heavy atom. The molecule has 1 aliphatic heterocycles. The first-order chi connectivity index (χ1) is 13.3. The largest absolute Gasteiger partial charge is 0.337 e. The van der Waals surface area contributed by atoms with Crippen LogP contribution >= 0.6 is 0 Å². The molecule has 7 nitrogen and oxygen atoms in total. The van der Waals surface area contributed by atoms with Crippen LogP contribution < -0.4 is 10.5 Å². The summed E-state index contributed by atoms with van der Waals surface area (Å²) in [5.41, 5.74) is 1.98. The highest BCUT2D eigenvalue weighted by molar-refractivity contribution is 7.89. The molecule has 28 heavy (non-hydrogen) atoms. The van der Waals surface area contributed by atoms with Crippen molar-refractivity contribution in [2.45, 2.75) is 24.2 Å². The summed E-state index contributed by atoms with van der Waals surface area (Å²) in [6.45, 7) is 0.658. The van der Waals surface area contributed by atoms with Gasteiger partial charge < -0.3 is 5.32 Å². The molecule has 2 aromatic carbocycles. The number of urea groups is 1. The van der Waals surface area contributed by atoms with Gasteiger partial charge in [-0.15, -0.1) is 0 Å². The highest BCUT2D eigenvalue weighted by atomic mass is 32.2. The number of amides is 3. The molecule has 2 aromatic rings. The summed E-state index contributed by atoms with van der Waals surface area (Å²) in [5.74, 6) is -0.425. The molecular formula is C20H23N3O4S. The summed E-state index contributed by atoms with van der Waals surface area (Å²) < 4.78 is 22.6. The molecule has 8 heteroatoms. The van der Waals surface area contributed by atoms with Gasteiger partial charge in [0.05, 0.1) is 10.8 Å². The lowest BCUT2D eigenvalue weighted by Crippen LogP contribution is -2.55. The molecule has 0 bridgehead atoms. The molecule has 0 aliphatic carbocycles. The third kappa shape index (κ3) is 4.96. The highest BCUT2D eigenvalue weighted by Crippen LogP contribution is 2.17. The second-order valence-corrected chi connectivity index (χ2v) is 8.42. The second kappa shape index (κ2) is 8.53. The van der Waals surface area contributed by atoms with Crippen molar-refractivity contribution in [3.05, 3.63) is 65.7 Å². The predicted molar refractivity (Wildman–Crippen MR) is 105 cm³/mol. The third-order valence-corrected chi connectivity index (χ3v) is 5.71. The Morgan fingerprint density at radius 2 is 1.68 bits per heavy atom. The number of nitrogens with one attached hydrogen (secondary N) is 1. The zero-order valence-corrected chi connectivity index (χ0v) is 16.2. The van der Waals surface area contributed by atoms with Gasteiger partial charge in [-0.1, -0.05) is 42.5 Å². The van der Waals surface area contributed by atoms with Crippen LogP contribution in [0.15, 0.2) is 59.5 Å². The van der Waals surface area contributed by atoms with Crippen molar-refractivity contribution in [1.29, 1.82) is 0 Å². The molecule has 3 N–H and O–H groups in total. The van der Waals surface area contributed by atoms with E-state index < -0.39 is 10.0 Å². The maximum absolute atomic E-state index is 12.7. The predicted octanol–water partition coefficient (Wildman–Crippen LogP) is 1.68. The Balaban J connectivity index is 1.56. The minimum absolute atomic E-state index is 0.0607. The summed E-state index contributed by atoms with van der Waals surface area (Å²) in [4.78, 5) is 26.2. The summed E-state index contributed by atoms with van der Waals surface area (Å²) in [7, 11) is -3.71. The number of rotatable bonds is 7. The smallest absolute Gasteiger partial charge is 0.324 e. The molecular weight excluding hydrogens is 378 g/mol. The van der Waals surface area contributed by atoms with Crippen molar-refractivity contribution in [3.8, 4) is 0 Å². The zero-order chi connectivity index (χ0) is 20.1. The molecule has 1 fully saturated rings. The number of hydrogen-bond acceptors (Lipinski definition) is 4. The van der Waals surface area contributed by atoms with Crippen LogP contribution in [0.1, 0.15) is 17.5 Å². The fourth-order valence-corrected chi connectivity index (χ4v) is 3.79. The molecule has 1 saturated heterocycles. The molecule has 1 heterocycles. The SMILES string of the molecule is NS(=O)(=O)c1ccc(CCCN2C(=O)NCC(Cc3ccccc3)C2=O)cc1. The van der Waals surface area contributed by atoms with E-state index in [1.54, 1.807) is 12.1 Å². The summed E-state index contributed by atoms with van der Waals surface area (Å²) in [5, 5.41) is 7.88. The fraction of sp³-hybridized carbons (Fsp3) is 0.300. The number of benzene rings is 2. The van der Waals surface area contributed by atoms with Gasteiger partial charge in [0.15, 0.2) is 0 Å². The van der Waals surface area contributed by atoms with Crippen molar-refractivity contribution in [3.63, 3.8) is 0 Å². The van der Waals surface area contributed by atoms with E-state index in [9.17, 15) is 18.0 Å². The van der Waals surface area contributed by atoms with E-state index in [1.165, 1.54) is 17.0 Å². The van der Waals surface area contributed by atoms with Gasteiger partial charge in [-0.3, -0.25) is 9.69 Å². The van der Waals surface area contributed by atoms with E-state index in [1.807, 2.05) is 30.3 Å². The van der Waals surface area contributed by atoms with Crippen molar-refractivity contribution in [2.24, 2.45) is 11.1 Å². The summed E-state index contributed by atoms with van der Waals surface area (Å²) in [6, 6.07) is 15.7. The lowest BCUT2D eigenvalue weighted by molar-refractivity contribution is -0.133. The number of carbonyl (C=O) groups is 2. The van der Waals surface area contributed by atoms with Crippen LogP contribution in [-0.4, -0.2) is 38.3 Å². The minimum atomic E-state index is -3.71. The number of imide groups is 1. The standard InChI is InChI=1S/C20H23N3O4S/c21-28(26,27)18-10-8-15(9-11-18)7-4-12-23-19(24)17(14-22-20(23)25)13-16-5-2-1-3-6-16/h1-3,5-6,8-11,17H,4,7,12-14H2,(H,22,25)(H2,21,26,27). The molecule has 0 radical (unpaired) electrons. The quantitative estimate of drug-likeness (QED) is 0.735. The number of nitrogens with zero attached hydrogens (tertiary/aromatic N) is 1. The van der Waals surface area contributed by atoms with E-state index in [-0.39, 0.29) is 22.8 Å². The third-order valence-electron chi connectivity index (χ3n) is 4.78. The molecule has 0 saturated carbocycles. The number of aryl methyl sites for hydroxylation is 1. The van der Waals surface area contributed by atoms with Crippen LogP contribution in [0, 0.1) is 5.92 Å². The Morgan fingerprint density at radius 1 is 1.00 bits per heavy atom. The summed E-state index contributed by atoms with van der Waals surface area (Å²) >= 11 is 0. The van der Waals surface area contributed by atoms with Gasteiger partial charge in [-0.25, -0.2) is 18.4 Å². The number of sulfonamides is 1. The van der Waals surface area contributed by atoms with Crippen molar-refractivity contribution in [1.82, 2.24) is 10.2 Å². The fourth-order valence-electron chi connectivity index (χ4n) is 3.27. The van der Waals surface area contributed by atoms with E-state index in [4.69, 9.17) is 5.14 Å². The molecule has 0 aromatic heterocycles. The van der Waals surface area contributed by atoms with Gasteiger partial charge in [0.25, 0.3) is 0 Å². The van der Waals surface area contributed by atoms with E-state index in [2.05, 4.69) is 5.32 Å². The first-order valence-electron chi connectivity index (χ1n) is 9.09. The average Bonchev–Trinajstić information content (AvgIpc) is 2.67. The van der Waals surface area contributed by atoms with Crippen molar-refractivity contribution < 1.29 is 18.0 Å². The minimum Gasteiger partial charge on any atom is -0.337 e. The maximum Gasteiger partial charge on any atom is 0.324 e. The lowest BCUT2D eigenvalue weighted by Gasteiger charge is -2.31. The monoisotopic (exact) mass is 401 g/mol. The number of nitrogens with two attached hydrogens (primary N) is 1. The van der Waals surface area contributed by atoms with Crippen LogP contribution in [0.3, 0.4) is 0 Å². The summed E-state index contributed by atoms with van der Waals surface area (Å²) in [6.07, 6.45) is 1.79. The first-order valence-corrected chi connectivity index (χ1v) is 10.6. The Bertz CT molecular complexity index is 943. The van der Waals surface area contributed by atoms with Crippen molar-refractivity contribution in [2.75, 3.05) is 13.1 Å². The van der Waals surface area contributed by atoms with Crippen LogP contribution in [0.5, 0.6) is 0 Å². The van der Waals surface area contributed by atoms with Gasteiger partial charge in [0.1, 0.15) is 0 Å². The molecule has 1 aliphatic rings. The second-order valence-electron chi connectivity index (χ2n) is 6.86. The highest BCUT2D eigenvalue weighted by Gasteiger charge is 2.33. The van der Waals surface area contributed by atoms with Crippen LogP contribution in [0.25, 0.3) is 0 Å². The number of primary sulfonamides is 1. The molecule has 148 valence electrons. The van der Waals surface area contributed by atoms with Crippen molar-refractivity contribution >= 4 is 22.0 Å². The molecule has 3 rings (SSSR count). The number of carbonyl (C=O) groups excluding carboxylic acids is 2.